The Labute approximate surface area is 114 Å². The molecule has 0 aromatic carbocycles. The highest BCUT2D eigenvalue weighted by atomic mass is 79.9. The molecule has 18 heavy (non-hydrogen) atoms. The Balaban J connectivity index is 2.56. The summed E-state index contributed by atoms with van der Waals surface area (Å²) in [6.07, 6.45) is 1.55. The number of anilines is 2. The minimum atomic E-state index is -0.112. The molecular formula is C10H16BrN5O2. The van der Waals surface area contributed by atoms with Crippen molar-refractivity contribution in [2.75, 3.05) is 44.5 Å². The fourth-order valence-electron chi connectivity index (χ4n) is 1.28. The molecule has 3 N–H and O–H groups in total. The summed E-state index contributed by atoms with van der Waals surface area (Å²) in [5, 5.41) is 2.72. The van der Waals surface area contributed by atoms with Crippen LogP contribution in [0.3, 0.4) is 0 Å². The lowest BCUT2D eigenvalue weighted by Crippen LogP contribution is -2.37. The van der Waals surface area contributed by atoms with Crippen LogP contribution in [-0.4, -0.2) is 49.7 Å². The van der Waals surface area contributed by atoms with Crippen LogP contribution in [0.25, 0.3) is 0 Å². The van der Waals surface area contributed by atoms with E-state index < -0.39 is 0 Å². The Bertz CT molecular complexity index is 415. The average Bonchev–Trinajstić information content (AvgIpc) is 2.32. The van der Waals surface area contributed by atoms with Gasteiger partial charge in [0.1, 0.15) is 5.82 Å². The van der Waals surface area contributed by atoms with Gasteiger partial charge in [0, 0.05) is 26.9 Å². The summed E-state index contributed by atoms with van der Waals surface area (Å²) in [6.45, 7) is 1.15. The summed E-state index contributed by atoms with van der Waals surface area (Å²) in [5.41, 5.74) is 5.51. The third-order valence-electron chi connectivity index (χ3n) is 2.11. The number of nitrogen functional groups attached to an aromatic ring is 1. The minimum absolute atomic E-state index is 0.112. The fraction of sp³-hybridized carbons (Fsp3) is 0.500. The highest BCUT2D eigenvalue weighted by molar-refractivity contribution is 9.10. The number of carbonyl (C=O) groups is 1. The van der Waals surface area contributed by atoms with Crippen LogP contribution in [-0.2, 0) is 9.53 Å². The molecule has 1 amide bonds. The third-order valence-corrected chi connectivity index (χ3v) is 2.67. The van der Waals surface area contributed by atoms with Gasteiger partial charge in [-0.1, -0.05) is 0 Å². The summed E-state index contributed by atoms with van der Waals surface area (Å²) in [5.74, 6) is 0.628. The van der Waals surface area contributed by atoms with Gasteiger partial charge in [-0.2, -0.15) is 4.98 Å². The number of aromatic nitrogens is 2. The zero-order valence-corrected chi connectivity index (χ0v) is 11.9. The van der Waals surface area contributed by atoms with E-state index in [9.17, 15) is 4.79 Å². The molecular weight excluding hydrogens is 302 g/mol. The summed E-state index contributed by atoms with van der Waals surface area (Å²) in [7, 11) is 3.33. The van der Waals surface area contributed by atoms with Gasteiger partial charge in [0.25, 0.3) is 0 Å². The van der Waals surface area contributed by atoms with Gasteiger partial charge >= 0.3 is 0 Å². The van der Waals surface area contributed by atoms with Crippen LogP contribution in [0.5, 0.6) is 0 Å². The molecule has 0 aliphatic heterocycles. The second kappa shape index (κ2) is 7.12. The Morgan fingerprint density at radius 1 is 1.67 bits per heavy atom. The molecule has 0 unspecified atom stereocenters. The van der Waals surface area contributed by atoms with Crippen LogP contribution in [0.1, 0.15) is 0 Å². The highest BCUT2D eigenvalue weighted by Gasteiger charge is 2.12. The molecule has 0 bridgehead atoms. The lowest BCUT2D eigenvalue weighted by molar-refractivity contribution is -0.119. The van der Waals surface area contributed by atoms with Gasteiger partial charge in [-0.15, -0.1) is 0 Å². The van der Waals surface area contributed by atoms with E-state index in [1.54, 1.807) is 25.3 Å². The minimum Gasteiger partial charge on any atom is -0.383 e. The first-order chi connectivity index (χ1) is 8.54. The van der Waals surface area contributed by atoms with Gasteiger partial charge in [-0.25, -0.2) is 4.98 Å². The number of hydrogen-bond donors (Lipinski definition) is 2. The number of hydrogen-bond acceptors (Lipinski definition) is 6. The Morgan fingerprint density at radius 2 is 2.39 bits per heavy atom. The number of rotatable bonds is 6. The van der Waals surface area contributed by atoms with Crippen LogP contribution in [0, 0.1) is 0 Å². The van der Waals surface area contributed by atoms with E-state index in [0.29, 0.717) is 23.4 Å². The van der Waals surface area contributed by atoms with E-state index in [-0.39, 0.29) is 18.4 Å². The first kappa shape index (κ1) is 14.7. The first-order valence-corrected chi connectivity index (χ1v) is 6.08. The lowest BCUT2D eigenvalue weighted by Gasteiger charge is -2.18. The van der Waals surface area contributed by atoms with Gasteiger partial charge in [-0.05, 0) is 15.9 Å². The second-order valence-electron chi connectivity index (χ2n) is 3.60. The maximum absolute atomic E-state index is 11.6. The Kier molecular flexibility index (Phi) is 5.79. The van der Waals surface area contributed by atoms with E-state index >= 15 is 0 Å². The monoisotopic (exact) mass is 317 g/mol. The molecule has 1 aromatic heterocycles. The number of ether oxygens (including phenoxy) is 1. The predicted molar refractivity (Wildman–Crippen MR) is 72.3 cm³/mol. The van der Waals surface area contributed by atoms with Crippen molar-refractivity contribution in [2.24, 2.45) is 0 Å². The maximum atomic E-state index is 11.6. The summed E-state index contributed by atoms with van der Waals surface area (Å²) < 4.78 is 5.53. The number of nitrogens with one attached hydrogen (secondary N) is 1. The van der Waals surface area contributed by atoms with Crippen LogP contribution in [0.15, 0.2) is 10.7 Å². The van der Waals surface area contributed by atoms with Gasteiger partial charge in [0.05, 0.1) is 17.6 Å². The zero-order chi connectivity index (χ0) is 13.5. The van der Waals surface area contributed by atoms with E-state index in [4.69, 9.17) is 10.5 Å². The number of likely N-dealkylation sites (N-methyl/N-ethyl adjacent to an activating group) is 1. The number of nitrogens with two attached hydrogens (primary N) is 1. The highest BCUT2D eigenvalue weighted by Crippen LogP contribution is 2.22. The lowest BCUT2D eigenvalue weighted by atomic mass is 10.4. The first-order valence-electron chi connectivity index (χ1n) is 5.29. The van der Waals surface area contributed by atoms with Crippen molar-refractivity contribution in [3.05, 3.63) is 10.7 Å². The molecule has 0 atom stereocenters. The molecule has 1 aromatic rings. The van der Waals surface area contributed by atoms with E-state index in [1.165, 1.54) is 0 Å². The molecule has 0 radical (unpaired) electrons. The smallest absolute Gasteiger partial charge is 0.239 e. The van der Waals surface area contributed by atoms with Gasteiger partial charge in [0.2, 0.25) is 11.9 Å². The van der Waals surface area contributed by atoms with Gasteiger partial charge in [0.15, 0.2) is 0 Å². The standard InChI is InChI=1S/C10H16BrN5O2/c1-16(6-8(17)13-3-4-18-2)9-7(11)5-14-10(12)15-9/h5H,3-4,6H2,1-2H3,(H,13,17)(H2,12,14,15). The normalized spacial score (nSPS) is 10.2. The molecule has 100 valence electrons. The molecule has 7 nitrogen and oxygen atoms in total. The van der Waals surface area contributed by atoms with Crippen molar-refractivity contribution in [1.29, 1.82) is 0 Å². The largest absolute Gasteiger partial charge is 0.383 e. The third kappa shape index (κ3) is 4.46. The molecule has 0 saturated carbocycles. The predicted octanol–water partition coefficient (Wildman–Crippen LogP) is 0.0201. The van der Waals surface area contributed by atoms with Crippen molar-refractivity contribution in [1.82, 2.24) is 15.3 Å². The van der Waals surface area contributed by atoms with Crippen molar-refractivity contribution in [2.45, 2.75) is 0 Å². The van der Waals surface area contributed by atoms with Crippen molar-refractivity contribution >= 4 is 33.6 Å². The number of amides is 1. The summed E-state index contributed by atoms with van der Waals surface area (Å²) >= 11 is 3.31. The number of methoxy groups -OCH3 is 1. The molecule has 0 spiro atoms. The Hall–Kier alpha value is -1.41. The molecule has 1 rings (SSSR count). The zero-order valence-electron chi connectivity index (χ0n) is 10.3. The number of halogens is 1. The van der Waals surface area contributed by atoms with Crippen molar-refractivity contribution in [3.63, 3.8) is 0 Å². The number of carbonyl (C=O) groups excluding carboxylic acids is 1. The molecule has 8 heteroatoms. The maximum Gasteiger partial charge on any atom is 0.239 e. The summed E-state index contributed by atoms with van der Waals surface area (Å²) in [6, 6.07) is 0. The van der Waals surface area contributed by atoms with E-state index in [1.807, 2.05) is 0 Å². The van der Waals surface area contributed by atoms with Crippen LogP contribution >= 0.6 is 15.9 Å². The van der Waals surface area contributed by atoms with Crippen LogP contribution in [0.2, 0.25) is 0 Å². The van der Waals surface area contributed by atoms with E-state index in [0.717, 1.165) is 0 Å². The van der Waals surface area contributed by atoms with Gasteiger partial charge in [-0.3, -0.25) is 4.79 Å². The fourth-order valence-corrected chi connectivity index (χ4v) is 1.77. The van der Waals surface area contributed by atoms with Crippen LogP contribution in [0.4, 0.5) is 11.8 Å². The van der Waals surface area contributed by atoms with Gasteiger partial charge < -0.3 is 20.7 Å². The number of nitrogens with zero attached hydrogens (tertiary/aromatic N) is 3. The molecule has 0 fully saturated rings. The molecule has 0 aliphatic rings. The summed E-state index contributed by atoms with van der Waals surface area (Å²) in [4.78, 5) is 21.2. The average molecular weight is 318 g/mol. The quantitative estimate of drug-likeness (QED) is 0.718. The second-order valence-corrected chi connectivity index (χ2v) is 4.45. The van der Waals surface area contributed by atoms with Crippen molar-refractivity contribution in [3.8, 4) is 0 Å². The van der Waals surface area contributed by atoms with Crippen LogP contribution < -0.4 is 16.0 Å². The van der Waals surface area contributed by atoms with E-state index in [2.05, 4.69) is 31.2 Å². The van der Waals surface area contributed by atoms with Crippen molar-refractivity contribution < 1.29 is 9.53 Å². The SMILES string of the molecule is COCCNC(=O)CN(C)c1nc(N)ncc1Br. The Morgan fingerprint density at radius 3 is 3.06 bits per heavy atom. The molecule has 0 saturated heterocycles. The molecule has 1 heterocycles. The topological polar surface area (TPSA) is 93.4 Å². The molecule has 0 aliphatic carbocycles.